The van der Waals surface area contributed by atoms with Crippen LogP contribution in [0.5, 0.6) is 11.5 Å². The van der Waals surface area contributed by atoms with Crippen LogP contribution in [0.4, 0.5) is 11.4 Å². The second-order valence-electron chi connectivity index (χ2n) is 6.34. The zero-order valence-electron chi connectivity index (χ0n) is 15.6. The Kier molecular flexibility index (Phi) is 5.49. The van der Waals surface area contributed by atoms with Crippen LogP contribution in [0.25, 0.3) is 0 Å². The van der Waals surface area contributed by atoms with Crippen molar-refractivity contribution in [3.05, 3.63) is 48.0 Å². The van der Waals surface area contributed by atoms with Gasteiger partial charge in [0.05, 0.1) is 37.1 Å². The third-order valence-electron chi connectivity index (χ3n) is 4.62. The van der Waals surface area contributed by atoms with E-state index in [1.807, 2.05) is 0 Å². The van der Waals surface area contributed by atoms with E-state index in [-0.39, 0.29) is 30.3 Å². The molecule has 1 aliphatic heterocycles. The van der Waals surface area contributed by atoms with Gasteiger partial charge < -0.3 is 25.4 Å². The standard InChI is InChI=1S/C20H21N3O5/c1-27-13-7-8-17(28-2)16(10-13)23-11-12(9-18(23)24)20(26)22-15-6-4-3-5-14(15)19(21)25/h3-8,10,12H,9,11H2,1-2H3,(H2,21,25)(H,22,26)/t12-/m1/s1. The summed E-state index contributed by atoms with van der Waals surface area (Å²) in [5.41, 5.74) is 6.42. The Labute approximate surface area is 162 Å². The summed E-state index contributed by atoms with van der Waals surface area (Å²) in [6.45, 7) is 0.187. The molecule has 0 saturated carbocycles. The van der Waals surface area contributed by atoms with E-state index in [0.717, 1.165) is 0 Å². The Morgan fingerprint density at radius 3 is 2.57 bits per heavy atom. The van der Waals surface area contributed by atoms with Gasteiger partial charge in [-0.1, -0.05) is 12.1 Å². The van der Waals surface area contributed by atoms with Crippen LogP contribution in [0, 0.1) is 5.92 Å². The second kappa shape index (κ2) is 7.99. The highest BCUT2D eigenvalue weighted by Crippen LogP contribution is 2.36. The first kappa shape index (κ1) is 19.2. The van der Waals surface area contributed by atoms with Gasteiger partial charge in [0.25, 0.3) is 5.91 Å². The number of nitrogens with one attached hydrogen (secondary N) is 1. The minimum atomic E-state index is -0.638. The van der Waals surface area contributed by atoms with E-state index in [2.05, 4.69) is 5.32 Å². The van der Waals surface area contributed by atoms with Crippen LogP contribution in [-0.2, 0) is 9.59 Å². The molecule has 3 rings (SSSR count). The molecule has 3 N–H and O–H groups in total. The smallest absolute Gasteiger partial charge is 0.250 e. The predicted molar refractivity (Wildman–Crippen MR) is 104 cm³/mol. The van der Waals surface area contributed by atoms with Crippen LogP contribution in [0.15, 0.2) is 42.5 Å². The molecule has 0 radical (unpaired) electrons. The number of ether oxygens (including phenoxy) is 2. The average molecular weight is 383 g/mol. The summed E-state index contributed by atoms with van der Waals surface area (Å²) in [6, 6.07) is 11.6. The molecule has 28 heavy (non-hydrogen) atoms. The fraction of sp³-hybridized carbons (Fsp3) is 0.250. The molecule has 1 aliphatic rings. The monoisotopic (exact) mass is 383 g/mol. The quantitative estimate of drug-likeness (QED) is 0.790. The van der Waals surface area contributed by atoms with Crippen molar-refractivity contribution in [3.8, 4) is 11.5 Å². The third-order valence-corrected chi connectivity index (χ3v) is 4.62. The zero-order valence-corrected chi connectivity index (χ0v) is 15.6. The van der Waals surface area contributed by atoms with E-state index in [4.69, 9.17) is 15.2 Å². The highest BCUT2D eigenvalue weighted by atomic mass is 16.5. The van der Waals surface area contributed by atoms with Crippen molar-refractivity contribution in [2.45, 2.75) is 6.42 Å². The molecule has 1 saturated heterocycles. The maximum atomic E-state index is 12.7. The molecule has 0 aromatic heterocycles. The number of hydrogen-bond acceptors (Lipinski definition) is 5. The molecule has 3 amide bonds. The van der Waals surface area contributed by atoms with Crippen molar-refractivity contribution in [2.24, 2.45) is 11.7 Å². The van der Waals surface area contributed by atoms with Crippen molar-refractivity contribution in [1.82, 2.24) is 0 Å². The van der Waals surface area contributed by atoms with Gasteiger partial charge in [-0.2, -0.15) is 0 Å². The van der Waals surface area contributed by atoms with Crippen LogP contribution in [0.1, 0.15) is 16.8 Å². The minimum absolute atomic E-state index is 0.0466. The van der Waals surface area contributed by atoms with Gasteiger partial charge in [0, 0.05) is 19.0 Å². The molecule has 1 fully saturated rings. The average Bonchev–Trinajstić information content (AvgIpc) is 3.09. The largest absolute Gasteiger partial charge is 0.497 e. The van der Waals surface area contributed by atoms with Crippen LogP contribution >= 0.6 is 0 Å². The first-order valence-electron chi connectivity index (χ1n) is 8.66. The SMILES string of the molecule is COc1ccc(OC)c(N2C[C@H](C(=O)Nc3ccccc3C(N)=O)CC2=O)c1. The lowest BCUT2D eigenvalue weighted by Gasteiger charge is -2.20. The fourth-order valence-electron chi connectivity index (χ4n) is 3.17. The number of rotatable bonds is 6. The lowest BCUT2D eigenvalue weighted by Crippen LogP contribution is -2.29. The van der Waals surface area contributed by atoms with Gasteiger partial charge in [0.1, 0.15) is 11.5 Å². The normalized spacial score (nSPS) is 16.0. The summed E-state index contributed by atoms with van der Waals surface area (Å²) >= 11 is 0. The molecule has 2 aromatic rings. The van der Waals surface area contributed by atoms with Crippen LogP contribution < -0.4 is 25.4 Å². The number of nitrogens with zero attached hydrogens (tertiary/aromatic N) is 1. The van der Waals surface area contributed by atoms with Crippen molar-refractivity contribution < 1.29 is 23.9 Å². The first-order valence-corrected chi connectivity index (χ1v) is 8.66. The van der Waals surface area contributed by atoms with E-state index < -0.39 is 11.8 Å². The van der Waals surface area contributed by atoms with Crippen molar-refractivity contribution in [3.63, 3.8) is 0 Å². The van der Waals surface area contributed by atoms with Crippen molar-refractivity contribution in [1.29, 1.82) is 0 Å². The number of anilines is 2. The number of benzene rings is 2. The van der Waals surface area contributed by atoms with E-state index in [9.17, 15) is 14.4 Å². The Bertz CT molecular complexity index is 928. The predicted octanol–water partition coefficient (Wildman–Crippen LogP) is 1.79. The topological polar surface area (TPSA) is 111 Å². The number of carbonyl (C=O) groups excluding carboxylic acids is 3. The number of carbonyl (C=O) groups is 3. The maximum Gasteiger partial charge on any atom is 0.250 e. The molecule has 2 aromatic carbocycles. The number of para-hydroxylation sites is 1. The molecule has 0 unspecified atom stereocenters. The summed E-state index contributed by atoms with van der Waals surface area (Å²) in [6.07, 6.45) is 0.0466. The van der Waals surface area contributed by atoms with Gasteiger partial charge in [0.15, 0.2) is 0 Å². The van der Waals surface area contributed by atoms with Crippen LogP contribution in [0.3, 0.4) is 0 Å². The van der Waals surface area contributed by atoms with E-state index in [1.165, 1.54) is 25.2 Å². The summed E-state index contributed by atoms with van der Waals surface area (Å²) in [5, 5.41) is 2.70. The lowest BCUT2D eigenvalue weighted by molar-refractivity contribution is -0.122. The van der Waals surface area contributed by atoms with Gasteiger partial charge in [-0.05, 0) is 24.3 Å². The number of hydrogen-bond donors (Lipinski definition) is 2. The fourth-order valence-corrected chi connectivity index (χ4v) is 3.17. The summed E-state index contributed by atoms with van der Waals surface area (Å²) in [4.78, 5) is 38.3. The molecular formula is C20H21N3O5. The van der Waals surface area contributed by atoms with Crippen molar-refractivity contribution in [2.75, 3.05) is 31.0 Å². The molecule has 8 nitrogen and oxygen atoms in total. The number of amides is 3. The van der Waals surface area contributed by atoms with E-state index in [1.54, 1.807) is 36.4 Å². The van der Waals surface area contributed by atoms with Gasteiger partial charge in [-0.25, -0.2) is 0 Å². The van der Waals surface area contributed by atoms with E-state index in [0.29, 0.717) is 22.9 Å². The highest BCUT2D eigenvalue weighted by Gasteiger charge is 2.36. The van der Waals surface area contributed by atoms with Crippen molar-refractivity contribution >= 4 is 29.1 Å². The molecular weight excluding hydrogens is 362 g/mol. The molecule has 0 bridgehead atoms. The lowest BCUT2D eigenvalue weighted by atomic mass is 10.1. The van der Waals surface area contributed by atoms with Crippen LogP contribution in [0.2, 0.25) is 0 Å². The summed E-state index contributed by atoms with van der Waals surface area (Å²) < 4.78 is 10.6. The van der Waals surface area contributed by atoms with Crippen LogP contribution in [-0.4, -0.2) is 38.5 Å². The number of nitrogens with two attached hydrogens (primary N) is 1. The Balaban J connectivity index is 1.80. The maximum absolute atomic E-state index is 12.7. The summed E-state index contributed by atoms with van der Waals surface area (Å²) in [7, 11) is 3.04. The first-order chi connectivity index (χ1) is 13.4. The summed E-state index contributed by atoms with van der Waals surface area (Å²) in [5.74, 6) is -0.687. The molecule has 0 spiro atoms. The molecule has 1 heterocycles. The zero-order chi connectivity index (χ0) is 20.3. The van der Waals surface area contributed by atoms with Gasteiger partial charge in [-0.15, -0.1) is 0 Å². The Hall–Kier alpha value is -3.55. The van der Waals surface area contributed by atoms with E-state index >= 15 is 0 Å². The van der Waals surface area contributed by atoms with Gasteiger partial charge in [-0.3, -0.25) is 14.4 Å². The molecule has 0 aliphatic carbocycles. The van der Waals surface area contributed by atoms with Gasteiger partial charge >= 0.3 is 0 Å². The Morgan fingerprint density at radius 1 is 1.14 bits per heavy atom. The Morgan fingerprint density at radius 2 is 1.89 bits per heavy atom. The second-order valence-corrected chi connectivity index (χ2v) is 6.34. The minimum Gasteiger partial charge on any atom is -0.497 e. The molecule has 146 valence electrons. The van der Waals surface area contributed by atoms with Gasteiger partial charge in [0.2, 0.25) is 11.8 Å². The number of methoxy groups -OCH3 is 2. The molecule has 1 atom stereocenters. The highest BCUT2D eigenvalue weighted by molar-refractivity contribution is 6.07. The number of primary amides is 1. The molecule has 8 heteroatoms. The third kappa shape index (κ3) is 3.75.